The van der Waals surface area contributed by atoms with E-state index in [1.807, 2.05) is 17.8 Å². The first-order chi connectivity index (χ1) is 8.79. The number of rotatable bonds is 1. The van der Waals surface area contributed by atoms with Crippen LogP contribution in [-0.4, -0.2) is 0 Å². The second kappa shape index (κ2) is 4.99. The summed E-state index contributed by atoms with van der Waals surface area (Å²) in [5, 5.41) is 0.843. The van der Waals surface area contributed by atoms with Gasteiger partial charge in [-0.1, -0.05) is 42.8 Å². The molecule has 0 N–H and O–H groups in total. The Morgan fingerprint density at radius 1 is 1.17 bits per heavy atom. The molecule has 0 radical (unpaired) electrons. The van der Waals surface area contributed by atoms with Gasteiger partial charge in [-0.2, -0.15) is 0 Å². The van der Waals surface area contributed by atoms with E-state index in [4.69, 9.17) is 11.6 Å². The predicted molar refractivity (Wildman–Crippen MR) is 79.6 cm³/mol. The molecule has 0 aliphatic carbocycles. The van der Waals surface area contributed by atoms with Crippen LogP contribution >= 0.6 is 23.4 Å². The molecule has 1 unspecified atom stereocenters. The van der Waals surface area contributed by atoms with E-state index in [0.717, 1.165) is 17.2 Å². The predicted octanol–water partition coefficient (Wildman–Crippen LogP) is 5.49. The number of hydrogen-bond acceptors (Lipinski definition) is 1. The van der Waals surface area contributed by atoms with Gasteiger partial charge >= 0.3 is 0 Å². The molecule has 2 aromatic rings. The van der Waals surface area contributed by atoms with Gasteiger partial charge in [0, 0.05) is 21.6 Å². The van der Waals surface area contributed by atoms with Gasteiger partial charge in [0.1, 0.15) is 0 Å². The van der Waals surface area contributed by atoms with Crippen LogP contribution in [0.25, 0.3) is 0 Å². The van der Waals surface area contributed by atoms with Gasteiger partial charge < -0.3 is 0 Å². The van der Waals surface area contributed by atoms with Crippen molar-refractivity contribution in [2.75, 3.05) is 0 Å². The number of fused-ring (bicyclic) bond motifs is 2. The van der Waals surface area contributed by atoms with E-state index >= 15 is 0 Å². The first kappa shape index (κ1) is 12.1. The van der Waals surface area contributed by atoms with Gasteiger partial charge in [0.15, 0.2) is 0 Å². The van der Waals surface area contributed by atoms with Gasteiger partial charge in [0.05, 0.1) is 0 Å². The molecule has 0 amide bonds. The van der Waals surface area contributed by atoms with Gasteiger partial charge in [0.2, 0.25) is 0 Å². The Bertz CT molecular complexity index is 577. The Kier molecular flexibility index (Phi) is 3.36. The van der Waals surface area contributed by atoms with Crippen molar-refractivity contribution in [3.63, 3.8) is 0 Å². The highest BCUT2D eigenvalue weighted by Gasteiger charge is 2.22. The van der Waals surface area contributed by atoms with Crippen LogP contribution in [0.15, 0.2) is 47.4 Å². The van der Waals surface area contributed by atoms with Gasteiger partial charge in [-0.05, 0) is 41.3 Å². The molecule has 0 nitrogen and oxygen atoms in total. The molecular weight excluding hydrogens is 260 g/mol. The first-order valence-corrected chi connectivity index (χ1v) is 7.66. The minimum absolute atomic E-state index is 0.503. The quantitative estimate of drug-likeness (QED) is 0.663. The van der Waals surface area contributed by atoms with Crippen LogP contribution in [0.5, 0.6) is 0 Å². The van der Waals surface area contributed by atoms with Crippen LogP contribution in [0, 0.1) is 0 Å². The normalized spacial score (nSPS) is 17.8. The summed E-state index contributed by atoms with van der Waals surface area (Å²) in [6, 6.07) is 15.1. The molecule has 1 heterocycles. The molecule has 0 saturated heterocycles. The Hall–Kier alpha value is -0.920. The highest BCUT2D eigenvalue weighted by Crippen LogP contribution is 2.42. The van der Waals surface area contributed by atoms with Crippen LogP contribution in [0.4, 0.5) is 0 Å². The molecule has 0 bridgehead atoms. The van der Waals surface area contributed by atoms with Crippen molar-refractivity contribution < 1.29 is 0 Å². The van der Waals surface area contributed by atoms with Crippen molar-refractivity contribution in [1.82, 2.24) is 0 Å². The van der Waals surface area contributed by atoms with Crippen molar-refractivity contribution >= 4 is 23.4 Å². The van der Waals surface area contributed by atoms with Crippen LogP contribution in [-0.2, 0) is 5.75 Å². The van der Waals surface area contributed by atoms with Gasteiger partial charge in [-0.25, -0.2) is 0 Å². The van der Waals surface area contributed by atoms with E-state index in [-0.39, 0.29) is 0 Å². The van der Waals surface area contributed by atoms with Crippen LogP contribution in [0.1, 0.15) is 36.0 Å². The lowest BCUT2D eigenvalue weighted by Crippen LogP contribution is -2.01. The summed E-state index contributed by atoms with van der Waals surface area (Å²) in [5.74, 6) is 1.52. The van der Waals surface area contributed by atoms with Gasteiger partial charge in [-0.3, -0.25) is 0 Å². The summed E-state index contributed by atoms with van der Waals surface area (Å²) in [6.07, 6.45) is 1.13. The van der Waals surface area contributed by atoms with E-state index in [9.17, 15) is 0 Å². The monoisotopic (exact) mass is 274 g/mol. The number of halogens is 1. The minimum atomic E-state index is 0.503. The van der Waals surface area contributed by atoms with Crippen molar-refractivity contribution in [2.24, 2.45) is 0 Å². The maximum atomic E-state index is 6.12. The van der Waals surface area contributed by atoms with Crippen LogP contribution < -0.4 is 0 Å². The Balaban J connectivity index is 2.18. The lowest BCUT2D eigenvalue weighted by atomic mass is 9.87. The maximum Gasteiger partial charge on any atom is 0.0409 e. The zero-order valence-corrected chi connectivity index (χ0v) is 11.9. The molecular formula is C16H15ClS. The Morgan fingerprint density at radius 2 is 2.00 bits per heavy atom. The molecule has 3 rings (SSSR count). The average Bonchev–Trinajstić information content (AvgIpc) is 2.55. The molecule has 1 aliphatic rings. The molecule has 2 aromatic carbocycles. The largest absolute Gasteiger partial charge is 0.121 e. The second-order valence-corrected chi connectivity index (χ2v) is 6.08. The summed E-state index contributed by atoms with van der Waals surface area (Å²) in [7, 11) is 0. The maximum absolute atomic E-state index is 6.12. The molecule has 0 saturated carbocycles. The van der Waals surface area contributed by atoms with E-state index in [1.54, 1.807) is 0 Å². The zero-order valence-electron chi connectivity index (χ0n) is 10.3. The van der Waals surface area contributed by atoms with Crippen LogP contribution in [0.3, 0.4) is 0 Å². The average molecular weight is 275 g/mol. The number of thioether (sulfide) groups is 1. The van der Waals surface area contributed by atoms with Crippen molar-refractivity contribution in [3.05, 3.63) is 64.2 Å². The third-order valence-electron chi connectivity index (χ3n) is 3.57. The lowest BCUT2D eigenvalue weighted by Gasteiger charge is -2.18. The fourth-order valence-electron chi connectivity index (χ4n) is 2.70. The van der Waals surface area contributed by atoms with Crippen molar-refractivity contribution in [1.29, 1.82) is 0 Å². The molecule has 2 heteroatoms. The van der Waals surface area contributed by atoms with Gasteiger partial charge in [0.25, 0.3) is 0 Å². The van der Waals surface area contributed by atoms with Crippen molar-refractivity contribution in [3.8, 4) is 0 Å². The molecule has 92 valence electrons. The zero-order chi connectivity index (χ0) is 12.5. The summed E-state index contributed by atoms with van der Waals surface area (Å²) >= 11 is 8.04. The lowest BCUT2D eigenvalue weighted by molar-refractivity contribution is 0.759. The third kappa shape index (κ3) is 2.06. The minimum Gasteiger partial charge on any atom is -0.121 e. The fourth-order valence-corrected chi connectivity index (χ4v) is 4.01. The van der Waals surface area contributed by atoms with E-state index < -0.39 is 0 Å². The van der Waals surface area contributed by atoms with E-state index in [1.165, 1.54) is 21.6 Å². The summed E-state index contributed by atoms with van der Waals surface area (Å²) in [6.45, 7) is 2.26. The Morgan fingerprint density at radius 3 is 2.83 bits per heavy atom. The molecule has 0 spiro atoms. The van der Waals surface area contributed by atoms with E-state index in [2.05, 4.69) is 43.3 Å². The highest BCUT2D eigenvalue weighted by molar-refractivity contribution is 7.98. The molecule has 18 heavy (non-hydrogen) atoms. The topological polar surface area (TPSA) is 0 Å². The number of hydrogen-bond donors (Lipinski definition) is 0. The van der Waals surface area contributed by atoms with E-state index in [0.29, 0.717) is 5.92 Å². The van der Waals surface area contributed by atoms with Gasteiger partial charge in [-0.15, -0.1) is 11.8 Å². The number of benzene rings is 2. The second-order valence-electron chi connectivity index (χ2n) is 4.63. The first-order valence-electron chi connectivity index (χ1n) is 6.29. The smallest absolute Gasteiger partial charge is 0.0409 e. The Labute approximate surface area is 117 Å². The fraction of sp³-hybridized carbons (Fsp3) is 0.250. The highest BCUT2D eigenvalue weighted by atomic mass is 35.5. The summed E-state index contributed by atoms with van der Waals surface area (Å²) < 4.78 is 0. The molecule has 0 fully saturated rings. The molecule has 1 aliphatic heterocycles. The molecule has 1 atom stereocenters. The van der Waals surface area contributed by atoms with Crippen molar-refractivity contribution in [2.45, 2.75) is 29.9 Å². The molecule has 0 aromatic heterocycles. The van der Waals surface area contributed by atoms with Crippen LogP contribution in [0.2, 0.25) is 5.02 Å². The SMILES string of the molecule is CCC1c2ccc(Cl)cc2CSc2ccccc21. The third-order valence-corrected chi connectivity index (χ3v) is 4.94. The standard InChI is InChI=1S/C16H15ClS/c1-2-13-14-8-7-12(17)9-11(14)10-18-16-6-4-3-5-15(13)16/h3-9,13H,2,10H2,1H3. The summed E-state index contributed by atoms with van der Waals surface area (Å²) in [4.78, 5) is 1.41. The summed E-state index contributed by atoms with van der Waals surface area (Å²) in [5.41, 5.74) is 4.29.